The maximum atomic E-state index is 13.3. The number of nitrogens with one attached hydrogen (secondary N) is 1. The number of carbonyl (C=O) groups excluding carboxylic acids is 1. The van der Waals surface area contributed by atoms with Crippen LogP contribution in [0.3, 0.4) is 0 Å². The van der Waals surface area contributed by atoms with Crippen molar-refractivity contribution in [1.29, 1.82) is 5.26 Å². The molecule has 0 fully saturated rings. The Labute approximate surface area is 171 Å². The van der Waals surface area contributed by atoms with Gasteiger partial charge in [0, 0.05) is 29.8 Å². The van der Waals surface area contributed by atoms with Crippen LogP contribution in [0.2, 0.25) is 0 Å². The van der Waals surface area contributed by atoms with Gasteiger partial charge in [0.05, 0.1) is 17.3 Å². The highest BCUT2D eigenvalue weighted by atomic mass is 19.3. The minimum Gasteiger partial charge on any atom is -0.324 e. The van der Waals surface area contributed by atoms with Crippen LogP contribution in [0.4, 0.5) is 14.5 Å². The number of halogens is 2. The highest BCUT2D eigenvalue weighted by Gasteiger charge is 2.24. The third-order valence-corrected chi connectivity index (χ3v) is 4.55. The van der Waals surface area contributed by atoms with Gasteiger partial charge in [-0.3, -0.25) is 9.59 Å². The summed E-state index contributed by atoms with van der Waals surface area (Å²) in [5.74, 6) is -3.51. The van der Waals surface area contributed by atoms with Gasteiger partial charge in [-0.15, -0.1) is 0 Å². The van der Waals surface area contributed by atoms with E-state index in [0.29, 0.717) is 22.5 Å². The lowest BCUT2D eigenvalue weighted by molar-refractivity contribution is -0.119. The molecule has 0 saturated heterocycles. The van der Waals surface area contributed by atoms with Crippen LogP contribution in [0.1, 0.15) is 31.0 Å². The fraction of sp³-hybridized carbons (Fsp3) is 0.182. The summed E-state index contributed by atoms with van der Waals surface area (Å²) in [4.78, 5) is 24.9. The van der Waals surface area contributed by atoms with E-state index in [0.717, 1.165) is 11.6 Å². The zero-order valence-corrected chi connectivity index (χ0v) is 16.3. The van der Waals surface area contributed by atoms with Gasteiger partial charge in [0.25, 0.3) is 11.5 Å². The molecule has 0 aliphatic heterocycles. The standard InChI is InChI=1S/C22H18F2N4O2/c1-14(21(30)26-17-9-7-16(8-10-17)22(2,23)24)28-20(29)12-11-19(27-28)18-6-4-3-5-15(18)13-25/h3-12,14H,1-2H3,(H,26,30). The van der Waals surface area contributed by atoms with E-state index in [1.165, 1.54) is 43.3 Å². The van der Waals surface area contributed by atoms with Gasteiger partial charge >= 0.3 is 0 Å². The molecule has 1 heterocycles. The number of hydrogen-bond acceptors (Lipinski definition) is 4. The molecule has 1 N–H and O–H groups in total. The van der Waals surface area contributed by atoms with E-state index in [-0.39, 0.29) is 5.56 Å². The lowest BCUT2D eigenvalue weighted by atomic mass is 10.1. The lowest BCUT2D eigenvalue weighted by Gasteiger charge is -2.16. The third-order valence-electron chi connectivity index (χ3n) is 4.55. The molecule has 0 aliphatic rings. The van der Waals surface area contributed by atoms with Crippen molar-refractivity contribution in [3.63, 3.8) is 0 Å². The molecule has 2 aromatic carbocycles. The summed E-state index contributed by atoms with van der Waals surface area (Å²) in [6, 6.07) is 15.8. The molecule has 6 nitrogen and oxygen atoms in total. The number of amides is 1. The van der Waals surface area contributed by atoms with Crippen molar-refractivity contribution in [2.45, 2.75) is 25.8 Å². The Morgan fingerprint density at radius 1 is 1.13 bits per heavy atom. The van der Waals surface area contributed by atoms with E-state index in [1.807, 2.05) is 0 Å². The Hall–Kier alpha value is -3.86. The molecule has 3 rings (SSSR count). The first kappa shape index (κ1) is 20.9. The summed E-state index contributed by atoms with van der Waals surface area (Å²) < 4.78 is 27.7. The number of rotatable bonds is 5. The molecule has 1 aromatic heterocycles. The molecule has 0 radical (unpaired) electrons. The largest absolute Gasteiger partial charge is 0.324 e. The van der Waals surface area contributed by atoms with Gasteiger partial charge in [-0.1, -0.05) is 30.3 Å². The molecule has 1 unspecified atom stereocenters. The van der Waals surface area contributed by atoms with Crippen LogP contribution in [0, 0.1) is 11.3 Å². The maximum Gasteiger partial charge on any atom is 0.270 e. The number of alkyl halides is 2. The summed E-state index contributed by atoms with van der Waals surface area (Å²) in [7, 11) is 0. The average Bonchev–Trinajstić information content (AvgIpc) is 2.73. The Morgan fingerprint density at radius 2 is 1.80 bits per heavy atom. The second kappa shape index (κ2) is 8.25. The molecule has 3 aromatic rings. The van der Waals surface area contributed by atoms with E-state index in [4.69, 9.17) is 0 Å². The predicted octanol–water partition coefficient (Wildman–Crippen LogP) is 4.09. The van der Waals surface area contributed by atoms with Gasteiger partial charge in [0.1, 0.15) is 6.04 Å². The van der Waals surface area contributed by atoms with Crippen LogP contribution in [-0.4, -0.2) is 15.7 Å². The van der Waals surface area contributed by atoms with Gasteiger partial charge in [-0.25, -0.2) is 13.5 Å². The maximum absolute atomic E-state index is 13.3. The van der Waals surface area contributed by atoms with Gasteiger partial charge in [-0.05, 0) is 31.2 Å². The molecular formula is C22H18F2N4O2. The van der Waals surface area contributed by atoms with Crippen LogP contribution in [0.15, 0.2) is 65.5 Å². The second-order valence-corrected chi connectivity index (χ2v) is 6.79. The highest BCUT2D eigenvalue weighted by Crippen LogP contribution is 2.28. The average molecular weight is 408 g/mol. The molecule has 0 saturated carbocycles. The number of anilines is 1. The van der Waals surface area contributed by atoms with Crippen LogP contribution < -0.4 is 10.9 Å². The first-order valence-electron chi connectivity index (χ1n) is 9.09. The smallest absolute Gasteiger partial charge is 0.270 e. The lowest BCUT2D eigenvalue weighted by Crippen LogP contribution is -2.33. The summed E-state index contributed by atoms with van der Waals surface area (Å²) in [6.45, 7) is 2.29. The number of nitriles is 1. The number of aromatic nitrogens is 2. The number of nitrogens with zero attached hydrogens (tertiary/aromatic N) is 3. The molecule has 152 valence electrons. The Morgan fingerprint density at radius 3 is 2.43 bits per heavy atom. The van der Waals surface area contributed by atoms with Gasteiger partial charge in [0.2, 0.25) is 5.91 Å². The SMILES string of the molecule is CC(C(=O)Nc1ccc(C(C)(F)F)cc1)n1nc(-c2ccccc2C#N)ccc1=O. The predicted molar refractivity (Wildman–Crippen MR) is 108 cm³/mol. The van der Waals surface area contributed by atoms with E-state index < -0.39 is 23.4 Å². The molecule has 0 bridgehead atoms. The van der Waals surface area contributed by atoms with Crippen LogP contribution in [0.25, 0.3) is 11.3 Å². The minimum atomic E-state index is -2.98. The number of carbonyl (C=O) groups is 1. The summed E-state index contributed by atoms with van der Waals surface area (Å²) in [5.41, 5.74) is 0.962. The van der Waals surface area contributed by atoms with Crippen molar-refractivity contribution in [3.05, 3.63) is 82.1 Å². The molecule has 0 spiro atoms. The van der Waals surface area contributed by atoms with E-state index in [2.05, 4.69) is 16.5 Å². The zero-order chi connectivity index (χ0) is 21.9. The molecule has 1 amide bonds. The van der Waals surface area contributed by atoms with Crippen molar-refractivity contribution < 1.29 is 13.6 Å². The van der Waals surface area contributed by atoms with Crippen LogP contribution in [0.5, 0.6) is 0 Å². The van der Waals surface area contributed by atoms with Crippen molar-refractivity contribution in [2.75, 3.05) is 5.32 Å². The quantitative estimate of drug-likeness (QED) is 0.689. The fourth-order valence-corrected chi connectivity index (χ4v) is 2.85. The normalized spacial score (nSPS) is 12.1. The zero-order valence-electron chi connectivity index (χ0n) is 16.3. The summed E-state index contributed by atoms with van der Waals surface area (Å²) in [5, 5.41) is 16.1. The molecule has 0 aliphatic carbocycles. The number of benzene rings is 2. The second-order valence-electron chi connectivity index (χ2n) is 6.79. The van der Waals surface area contributed by atoms with E-state index in [9.17, 15) is 23.6 Å². The van der Waals surface area contributed by atoms with Crippen molar-refractivity contribution in [3.8, 4) is 17.3 Å². The van der Waals surface area contributed by atoms with Gasteiger partial charge < -0.3 is 5.32 Å². The van der Waals surface area contributed by atoms with Crippen LogP contribution >= 0.6 is 0 Å². The van der Waals surface area contributed by atoms with E-state index in [1.54, 1.807) is 24.3 Å². The first-order chi connectivity index (χ1) is 14.2. The van der Waals surface area contributed by atoms with E-state index >= 15 is 0 Å². The van der Waals surface area contributed by atoms with Gasteiger partial charge in [-0.2, -0.15) is 10.4 Å². The third kappa shape index (κ3) is 4.41. The number of hydrogen-bond donors (Lipinski definition) is 1. The first-order valence-corrected chi connectivity index (χ1v) is 9.09. The monoisotopic (exact) mass is 408 g/mol. The van der Waals surface area contributed by atoms with Crippen LogP contribution in [-0.2, 0) is 10.7 Å². The minimum absolute atomic E-state index is 0.171. The Kier molecular flexibility index (Phi) is 5.74. The molecular weight excluding hydrogens is 390 g/mol. The highest BCUT2D eigenvalue weighted by molar-refractivity contribution is 5.93. The van der Waals surface area contributed by atoms with Crippen molar-refractivity contribution in [2.24, 2.45) is 0 Å². The summed E-state index contributed by atoms with van der Waals surface area (Å²) >= 11 is 0. The fourth-order valence-electron chi connectivity index (χ4n) is 2.85. The van der Waals surface area contributed by atoms with Crippen molar-refractivity contribution in [1.82, 2.24) is 9.78 Å². The Balaban J connectivity index is 1.86. The molecule has 1 atom stereocenters. The van der Waals surface area contributed by atoms with Gasteiger partial charge in [0.15, 0.2) is 0 Å². The summed E-state index contributed by atoms with van der Waals surface area (Å²) in [6.07, 6.45) is 0. The molecule has 8 heteroatoms. The van der Waals surface area contributed by atoms with Crippen molar-refractivity contribution >= 4 is 11.6 Å². The Bertz CT molecular complexity index is 1180. The molecule has 30 heavy (non-hydrogen) atoms. The topological polar surface area (TPSA) is 87.8 Å².